The van der Waals surface area contributed by atoms with Crippen molar-refractivity contribution in [3.8, 4) is 0 Å². The van der Waals surface area contributed by atoms with Gasteiger partial charge < -0.3 is 15.4 Å². The Morgan fingerprint density at radius 3 is 2.50 bits per heavy atom. The first-order chi connectivity index (χ1) is 12.0. The first-order valence-corrected chi connectivity index (χ1v) is 10.1. The van der Waals surface area contributed by atoms with E-state index in [1.165, 1.54) is 4.31 Å². The average Bonchev–Trinajstić information content (AvgIpc) is 2.60. The number of carbonyl (C=O) groups is 1. The minimum Gasteiger partial charge on any atom is -0.383 e. The van der Waals surface area contributed by atoms with Gasteiger partial charge in [-0.15, -0.1) is 12.4 Å². The van der Waals surface area contributed by atoms with Crippen LogP contribution in [-0.2, 0) is 25.3 Å². The maximum absolute atomic E-state index is 12.5. The predicted molar refractivity (Wildman–Crippen MR) is 104 cm³/mol. The summed E-state index contributed by atoms with van der Waals surface area (Å²) in [5.74, 6) is -0.0458. The number of hydrogen-bond donors (Lipinski definition) is 2. The summed E-state index contributed by atoms with van der Waals surface area (Å²) in [7, 11) is -1.70. The van der Waals surface area contributed by atoms with E-state index in [1.54, 1.807) is 7.11 Å². The highest BCUT2D eigenvalue weighted by molar-refractivity contribution is 7.88. The number of benzene rings is 1. The lowest BCUT2D eigenvalue weighted by atomic mass is 10.1. The van der Waals surface area contributed by atoms with Crippen molar-refractivity contribution in [1.29, 1.82) is 0 Å². The van der Waals surface area contributed by atoms with Gasteiger partial charge in [-0.2, -0.15) is 0 Å². The highest BCUT2D eigenvalue weighted by atomic mass is 35.5. The van der Waals surface area contributed by atoms with E-state index < -0.39 is 10.0 Å². The summed E-state index contributed by atoms with van der Waals surface area (Å²) < 4.78 is 31.4. The van der Waals surface area contributed by atoms with E-state index >= 15 is 0 Å². The second kappa shape index (κ2) is 11.5. The molecule has 1 fully saturated rings. The Morgan fingerprint density at radius 2 is 1.88 bits per heavy atom. The summed E-state index contributed by atoms with van der Waals surface area (Å²) in [6, 6.07) is 9.22. The molecule has 0 radical (unpaired) electrons. The third-order valence-corrected chi connectivity index (χ3v) is 6.02. The topological polar surface area (TPSA) is 87.7 Å². The first-order valence-electron chi connectivity index (χ1n) is 8.52. The van der Waals surface area contributed by atoms with E-state index in [9.17, 15) is 13.2 Å². The molecule has 0 aromatic heterocycles. The molecule has 1 saturated heterocycles. The van der Waals surface area contributed by atoms with Gasteiger partial charge in [0.25, 0.3) is 0 Å². The van der Waals surface area contributed by atoms with Gasteiger partial charge >= 0.3 is 0 Å². The lowest BCUT2D eigenvalue weighted by molar-refractivity contribution is -0.121. The van der Waals surface area contributed by atoms with Crippen molar-refractivity contribution < 1.29 is 17.9 Å². The molecule has 148 valence electrons. The fraction of sp³-hybridized carbons (Fsp3) is 0.588. The van der Waals surface area contributed by atoms with Gasteiger partial charge in [0, 0.05) is 32.8 Å². The zero-order valence-electron chi connectivity index (χ0n) is 15.0. The summed E-state index contributed by atoms with van der Waals surface area (Å²) in [6.07, 6.45) is 1.27. The maximum atomic E-state index is 12.5. The van der Waals surface area contributed by atoms with Crippen molar-refractivity contribution in [2.75, 3.05) is 39.9 Å². The molecule has 0 saturated carbocycles. The molecule has 2 N–H and O–H groups in total. The summed E-state index contributed by atoms with van der Waals surface area (Å²) in [4.78, 5) is 11.8. The molecule has 1 amide bonds. The summed E-state index contributed by atoms with van der Waals surface area (Å²) >= 11 is 0. The van der Waals surface area contributed by atoms with E-state index in [0.717, 1.165) is 5.56 Å². The van der Waals surface area contributed by atoms with Crippen molar-refractivity contribution in [1.82, 2.24) is 14.9 Å². The Hall–Kier alpha value is -1.19. The fourth-order valence-corrected chi connectivity index (χ4v) is 4.37. The molecule has 0 bridgehead atoms. The van der Waals surface area contributed by atoms with Crippen LogP contribution in [0.4, 0.5) is 0 Å². The van der Waals surface area contributed by atoms with Crippen molar-refractivity contribution in [3.63, 3.8) is 0 Å². The SMILES string of the molecule is COCCNCC(=O)NC1CCN(S(=O)(=O)Cc2ccccc2)CC1.Cl. The quantitative estimate of drug-likeness (QED) is 0.592. The van der Waals surface area contributed by atoms with E-state index in [2.05, 4.69) is 10.6 Å². The van der Waals surface area contributed by atoms with Crippen molar-refractivity contribution in [2.45, 2.75) is 24.6 Å². The number of amides is 1. The number of rotatable bonds is 9. The van der Waals surface area contributed by atoms with Crippen LogP contribution in [-0.4, -0.2) is 64.6 Å². The second-order valence-electron chi connectivity index (χ2n) is 6.15. The highest BCUT2D eigenvalue weighted by Gasteiger charge is 2.28. The third kappa shape index (κ3) is 7.59. The van der Waals surface area contributed by atoms with Gasteiger partial charge in [0.15, 0.2) is 0 Å². The van der Waals surface area contributed by atoms with Crippen molar-refractivity contribution >= 4 is 28.3 Å². The van der Waals surface area contributed by atoms with Crippen LogP contribution < -0.4 is 10.6 Å². The molecule has 1 heterocycles. The summed E-state index contributed by atoms with van der Waals surface area (Å²) in [5, 5.41) is 5.95. The Bertz CT molecular complexity index is 635. The molecule has 0 spiro atoms. The number of halogens is 1. The molecule has 0 atom stereocenters. The number of hydrogen-bond acceptors (Lipinski definition) is 5. The van der Waals surface area contributed by atoms with Gasteiger partial charge in [-0.1, -0.05) is 30.3 Å². The van der Waals surface area contributed by atoms with Crippen LogP contribution >= 0.6 is 12.4 Å². The molecule has 1 aromatic carbocycles. The summed E-state index contributed by atoms with van der Waals surface area (Å²) in [5.41, 5.74) is 0.792. The smallest absolute Gasteiger partial charge is 0.234 e. The van der Waals surface area contributed by atoms with Crippen molar-refractivity contribution in [3.05, 3.63) is 35.9 Å². The zero-order valence-corrected chi connectivity index (χ0v) is 16.7. The Balaban J connectivity index is 0.00000338. The number of sulfonamides is 1. The third-order valence-electron chi connectivity index (χ3n) is 4.17. The number of carbonyl (C=O) groups excluding carboxylic acids is 1. The largest absolute Gasteiger partial charge is 0.383 e. The maximum Gasteiger partial charge on any atom is 0.234 e. The van der Waals surface area contributed by atoms with Crippen LogP contribution in [0.25, 0.3) is 0 Å². The van der Waals surface area contributed by atoms with Crippen LogP contribution in [0.5, 0.6) is 0 Å². The molecule has 1 aliphatic heterocycles. The Kier molecular flexibility index (Phi) is 10.1. The molecule has 1 aromatic rings. The number of nitrogens with zero attached hydrogens (tertiary/aromatic N) is 1. The molecule has 2 rings (SSSR count). The fourth-order valence-electron chi connectivity index (χ4n) is 2.81. The molecule has 0 aliphatic carbocycles. The van der Waals surface area contributed by atoms with Gasteiger partial charge in [-0.3, -0.25) is 4.79 Å². The van der Waals surface area contributed by atoms with Gasteiger partial charge in [-0.25, -0.2) is 12.7 Å². The van der Waals surface area contributed by atoms with Gasteiger partial charge in [0.2, 0.25) is 15.9 Å². The van der Waals surface area contributed by atoms with Crippen LogP contribution in [0, 0.1) is 0 Å². The molecule has 26 heavy (non-hydrogen) atoms. The van der Waals surface area contributed by atoms with E-state index in [-0.39, 0.29) is 36.7 Å². The number of methoxy groups -OCH3 is 1. The summed E-state index contributed by atoms with van der Waals surface area (Å²) in [6.45, 7) is 2.31. The lowest BCUT2D eigenvalue weighted by Gasteiger charge is -2.31. The zero-order chi connectivity index (χ0) is 18.1. The number of nitrogens with one attached hydrogen (secondary N) is 2. The monoisotopic (exact) mass is 405 g/mol. The van der Waals surface area contributed by atoms with E-state index in [0.29, 0.717) is 39.1 Å². The van der Waals surface area contributed by atoms with Crippen LogP contribution in [0.15, 0.2) is 30.3 Å². The van der Waals surface area contributed by atoms with Gasteiger partial charge in [0.05, 0.1) is 18.9 Å². The number of piperidine rings is 1. The van der Waals surface area contributed by atoms with E-state index in [1.807, 2.05) is 30.3 Å². The van der Waals surface area contributed by atoms with E-state index in [4.69, 9.17) is 4.74 Å². The predicted octanol–water partition coefficient (Wildman–Crippen LogP) is 0.755. The molecule has 9 heteroatoms. The first kappa shape index (κ1) is 22.9. The number of ether oxygens (including phenoxy) is 1. The van der Waals surface area contributed by atoms with Gasteiger partial charge in [-0.05, 0) is 18.4 Å². The standard InChI is InChI=1S/C17H27N3O4S.ClH/c1-24-12-9-18-13-17(21)19-16-7-10-20(11-8-16)25(22,23)14-15-5-3-2-4-6-15;/h2-6,16,18H,7-14H2,1H3,(H,19,21);1H. The minimum absolute atomic E-state index is 0. The van der Waals surface area contributed by atoms with Gasteiger partial charge in [0.1, 0.15) is 0 Å². The molecular formula is C17H28ClN3O4S. The average molecular weight is 406 g/mol. The normalized spacial score (nSPS) is 16.0. The van der Waals surface area contributed by atoms with Crippen LogP contribution in [0.1, 0.15) is 18.4 Å². The lowest BCUT2D eigenvalue weighted by Crippen LogP contribution is -2.48. The highest BCUT2D eigenvalue weighted by Crippen LogP contribution is 2.17. The second-order valence-corrected chi connectivity index (χ2v) is 8.12. The Labute approximate surface area is 161 Å². The molecule has 1 aliphatic rings. The molecule has 7 nitrogen and oxygen atoms in total. The molecular weight excluding hydrogens is 378 g/mol. The Morgan fingerprint density at radius 1 is 1.23 bits per heavy atom. The van der Waals surface area contributed by atoms with Crippen molar-refractivity contribution in [2.24, 2.45) is 0 Å². The minimum atomic E-state index is -3.31. The van der Waals surface area contributed by atoms with Crippen LogP contribution in [0.2, 0.25) is 0 Å². The van der Waals surface area contributed by atoms with Crippen LogP contribution in [0.3, 0.4) is 0 Å². The molecule has 0 unspecified atom stereocenters.